The molecule has 2 aliphatic rings. The molecular weight excluding hydrogens is 362 g/mol. The van der Waals surface area contributed by atoms with Crippen molar-refractivity contribution in [3.63, 3.8) is 0 Å². The van der Waals surface area contributed by atoms with Gasteiger partial charge >= 0.3 is 0 Å². The topological polar surface area (TPSA) is 86.4 Å². The van der Waals surface area contributed by atoms with Crippen molar-refractivity contribution in [1.82, 2.24) is 25.8 Å². The summed E-state index contributed by atoms with van der Waals surface area (Å²) in [6, 6.07) is 6.33. The maximum absolute atomic E-state index is 12.6. The van der Waals surface area contributed by atoms with Gasteiger partial charge in [-0.15, -0.1) is 11.3 Å². The van der Waals surface area contributed by atoms with Crippen LogP contribution in [0, 0.1) is 0 Å². The highest BCUT2D eigenvalue weighted by Crippen LogP contribution is 2.19. The fourth-order valence-electron chi connectivity index (χ4n) is 3.43. The quantitative estimate of drug-likeness (QED) is 0.635. The van der Waals surface area contributed by atoms with E-state index in [2.05, 4.69) is 27.0 Å². The zero-order chi connectivity index (χ0) is 18.6. The second-order valence-corrected chi connectivity index (χ2v) is 7.76. The minimum absolute atomic E-state index is 0.103. The number of fused-ring (bicyclic) bond motifs is 1. The molecule has 27 heavy (non-hydrogen) atoms. The van der Waals surface area contributed by atoms with Crippen LogP contribution in [0.4, 0.5) is 0 Å². The number of aromatic nitrogens is 1. The number of amides is 2. The van der Waals surface area contributed by atoms with Crippen LogP contribution in [0.1, 0.15) is 31.3 Å². The standard InChI is InChI=1S/C19H23N5O2S/c25-17(18-23-7-8-27-18)22-6-5-21-16-11-24(12-16)19(26)14-1-2-15-10-20-4-3-13(15)9-14/h1-2,7-9,16,20-21H,3-6,10-12H2,(H,22,25). The van der Waals surface area contributed by atoms with Crippen LogP contribution in [0.2, 0.25) is 0 Å². The normalized spacial score (nSPS) is 16.5. The molecule has 0 radical (unpaired) electrons. The third kappa shape index (κ3) is 4.18. The minimum Gasteiger partial charge on any atom is -0.349 e. The number of carbonyl (C=O) groups excluding carboxylic acids is 2. The van der Waals surface area contributed by atoms with E-state index in [1.165, 1.54) is 22.5 Å². The molecule has 0 aliphatic carbocycles. The summed E-state index contributed by atoms with van der Waals surface area (Å²) >= 11 is 1.33. The number of nitrogens with one attached hydrogen (secondary N) is 3. The molecule has 1 aromatic heterocycles. The second-order valence-electron chi connectivity index (χ2n) is 6.86. The molecule has 0 spiro atoms. The van der Waals surface area contributed by atoms with Crippen LogP contribution in [0.5, 0.6) is 0 Å². The lowest BCUT2D eigenvalue weighted by molar-refractivity contribution is 0.0568. The maximum atomic E-state index is 12.6. The fraction of sp³-hybridized carbons (Fsp3) is 0.421. The summed E-state index contributed by atoms with van der Waals surface area (Å²) < 4.78 is 0. The number of carbonyl (C=O) groups is 2. The van der Waals surface area contributed by atoms with Gasteiger partial charge in [-0.3, -0.25) is 9.59 Å². The Morgan fingerprint density at radius 1 is 1.26 bits per heavy atom. The molecule has 2 aliphatic heterocycles. The van der Waals surface area contributed by atoms with Gasteiger partial charge in [0.2, 0.25) is 0 Å². The van der Waals surface area contributed by atoms with E-state index in [0.29, 0.717) is 31.2 Å². The summed E-state index contributed by atoms with van der Waals surface area (Å²) in [5, 5.41) is 11.8. The van der Waals surface area contributed by atoms with Gasteiger partial charge < -0.3 is 20.9 Å². The van der Waals surface area contributed by atoms with Crippen molar-refractivity contribution in [2.24, 2.45) is 0 Å². The highest BCUT2D eigenvalue weighted by atomic mass is 32.1. The third-order valence-corrected chi connectivity index (χ3v) is 5.75. The second kappa shape index (κ2) is 8.16. The maximum Gasteiger partial charge on any atom is 0.280 e. The van der Waals surface area contributed by atoms with Crippen LogP contribution in [0.25, 0.3) is 0 Å². The Morgan fingerprint density at radius 2 is 2.15 bits per heavy atom. The number of benzene rings is 1. The summed E-state index contributed by atoms with van der Waals surface area (Å²) in [5.41, 5.74) is 3.36. The average Bonchev–Trinajstić information content (AvgIpc) is 3.20. The van der Waals surface area contributed by atoms with Crippen molar-refractivity contribution in [1.29, 1.82) is 0 Å². The molecule has 4 rings (SSSR count). The lowest BCUT2D eigenvalue weighted by Gasteiger charge is -2.40. The highest BCUT2D eigenvalue weighted by Gasteiger charge is 2.31. The summed E-state index contributed by atoms with van der Waals surface area (Å²) in [4.78, 5) is 30.3. The first-order chi connectivity index (χ1) is 13.2. The first kappa shape index (κ1) is 18.1. The smallest absolute Gasteiger partial charge is 0.280 e. The van der Waals surface area contributed by atoms with Crippen molar-refractivity contribution in [2.45, 2.75) is 19.0 Å². The SMILES string of the molecule is O=C(NCCNC1CN(C(=O)c2ccc3c(c2)CCNC3)C1)c1nccs1. The van der Waals surface area contributed by atoms with Crippen LogP contribution in [0.15, 0.2) is 29.8 Å². The van der Waals surface area contributed by atoms with Crippen molar-refractivity contribution in [3.05, 3.63) is 51.5 Å². The zero-order valence-corrected chi connectivity index (χ0v) is 15.8. The van der Waals surface area contributed by atoms with Crippen molar-refractivity contribution in [2.75, 3.05) is 32.7 Å². The van der Waals surface area contributed by atoms with E-state index in [1.54, 1.807) is 11.6 Å². The third-order valence-electron chi connectivity index (χ3n) is 4.98. The number of nitrogens with zero attached hydrogens (tertiary/aromatic N) is 2. The summed E-state index contributed by atoms with van der Waals surface area (Å²) in [5.74, 6) is -0.0359. The van der Waals surface area contributed by atoms with Gasteiger partial charge in [0.25, 0.3) is 11.8 Å². The summed E-state index contributed by atoms with van der Waals surface area (Å²) in [6.45, 7) is 4.49. The zero-order valence-electron chi connectivity index (χ0n) is 15.0. The monoisotopic (exact) mass is 385 g/mol. The lowest BCUT2D eigenvalue weighted by Crippen LogP contribution is -2.60. The molecule has 2 aromatic rings. The van der Waals surface area contributed by atoms with Gasteiger partial charge in [0.15, 0.2) is 5.01 Å². The van der Waals surface area contributed by atoms with Crippen LogP contribution in [-0.2, 0) is 13.0 Å². The molecule has 0 saturated carbocycles. The van der Waals surface area contributed by atoms with Gasteiger partial charge in [-0.1, -0.05) is 6.07 Å². The van der Waals surface area contributed by atoms with E-state index in [0.717, 1.165) is 25.1 Å². The Morgan fingerprint density at radius 3 is 2.96 bits per heavy atom. The molecule has 0 bridgehead atoms. The fourth-order valence-corrected chi connectivity index (χ4v) is 3.98. The van der Waals surface area contributed by atoms with Crippen molar-refractivity contribution >= 4 is 23.2 Å². The van der Waals surface area contributed by atoms with E-state index in [-0.39, 0.29) is 17.9 Å². The van der Waals surface area contributed by atoms with Gasteiger partial charge in [0, 0.05) is 55.9 Å². The molecule has 1 fully saturated rings. The van der Waals surface area contributed by atoms with E-state index in [4.69, 9.17) is 0 Å². The molecule has 1 aromatic carbocycles. The predicted molar refractivity (Wildman–Crippen MR) is 104 cm³/mol. The van der Waals surface area contributed by atoms with E-state index in [1.807, 2.05) is 17.0 Å². The van der Waals surface area contributed by atoms with E-state index in [9.17, 15) is 9.59 Å². The summed E-state index contributed by atoms with van der Waals surface area (Å²) in [7, 11) is 0. The summed E-state index contributed by atoms with van der Waals surface area (Å²) in [6.07, 6.45) is 2.60. The molecule has 1 saturated heterocycles. The molecule has 2 amide bonds. The predicted octanol–water partition coefficient (Wildman–Crippen LogP) is 0.633. The first-order valence-electron chi connectivity index (χ1n) is 9.23. The Kier molecular flexibility index (Phi) is 5.47. The molecule has 3 N–H and O–H groups in total. The Labute approximate surface area is 162 Å². The Balaban J connectivity index is 1.18. The van der Waals surface area contributed by atoms with Gasteiger partial charge in [0.1, 0.15) is 0 Å². The van der Waals surface area contributed by atoms with Crippen LogP contribution in [-0.4, -0.2) is 60.5 Å². The molecular formula is C19H23N5O2S. The lowest BCUT2D eigenvalue weighted by atomic mass is 9.97. The van der Waals surface area contributed by atoms with Gasteiger partial charge in [-0.2, -0.15) is 0 Å². The van der Waals surface area contributed by atoms with E-state index < -0.39 is 0 Å². The largest absolute Gasteiger partial charge is 0.349 e. The van der Waals surface area contributed by atoms with Crippen LogP contribution >= 0.6 is 11.3 Å². The van der Waals surface area contributed by atoms with Gasteiger partial charge in [0.05, 0.1) is 0 Å². The molecule has 142 valence electrons. The molecule has 7 nitrogen and oxygen atoms in total. The number of thiazole rings is 1. The molecule has 8 heteroatoms. The average molecular weight is 385 g/mol. The molecule has 0 atom stereocenters. The highest BCUT2D eigenvalue weighted by molar-refractivity contribution is 7.11. The number of hydrogen-bond acceptors (Lipinski definition) is 6. The Bertz CT molecular complexity index is 818. The van der Waals surface area contributed by atoms with E-state index >= 15 is 0 Å². The number of hydrogen-bond donors (Lipinski definition) is 3. The molecule has 0 unspecified atom stereocenters. The van der Waals surface area contributed by atoms with Crippen LogP contribution in [0.3, 0.4) is 0 Å². The van der Waals surface area contributed by atoms with Gasteiger partial charge in [-0.25, -0.2) is 4.98 Å². The Hall–Kier alpha value is -2.29. The minimum atomic E-state index is -0.139. The number of rotatable bonds is 6. The van der Waals surface area contributed by atoms with Gasteiger partial charge in [-0.05, 0) is 36.2 Å². The van der Waals surface area contributed by atoms with Crippen molar-refractivity contribution < 1.29 is 9.59 Å². The van der Waals surface area contributed by atoms with Crippen LogP contribution < -0.4 is 16.0 Å². The number of likely N-dealkylation sites (tertiary alicyclic amines) is 1. The first-order valence-corrected chi connectivity index (χ1v) is 10.1. The van der Waals surface area contributed by atoms with Crippen molar-refractivity contribution in [3.8, 4) is 0 Å². The molecule has 3 heterocycles.